The van der Waals surface area contributed by atoms with E-state index in [2.05, 4.69) is 0 Å². The predicted molar refractivity (Wildman–Crippen MR) is 71.0 cm³/mol. The number of aliphatic hydroxyl groups excluding tert-OH is 1. The largest absolute Gasteiger partial charge is 0.388 e. The molecule has 1 nitrogen and oxygen atoms in total. The van der Waals surface area contributed by atoms with Gasteiger partial charge in [0.25, 0.3) is 0 Å². The molecule has 0 bridgehead atoms. The van der Waals surface area contributed by atoms with Crippen molar-refractivity contribution in [2.45, 2.75) is 25.9 Å². The molecule has 0 aliphatic heterocycles. The molecule has 2 unspecified atom stereocenters. The number of rotatable bonds is 3. The average molecular weight is 244 g/mol. The van der Waals surface area contributed by atoms with Crippen molar-refractivity contribution in [3.05, 3.63) is 71.0 Å². The molecular weight excluding hydrogens is 227 g/mol. The summed E-state index contributed by atoms with van der Waals surface area (Å²) in [5.41, 5.74) is 2.62. The second-order valence-electron chi connectivity index (χ2n) is 4.65. The Bertz CT molecular complexity index is 522. The molecule has 0 amide bonds. The predicted octanol–water partition coefficient (Wildman–Crippen LogP) is 3.97. The van der Waals surface area contributed by atoms with Gasteiger partial charge in [-0.3, -0.25) is 0 Å². The van der Waals surface area contributed by atoms with E-state index >= 15 is 0 Å². The number of halogens is 1. The minimum absolute atomic E-state index is 0.0632. The van der Waals surface area contributed by atoms with Gasteiger partial charge in [-0.05, 0) is 35.7 Å². The van der Waals surface area contributed by atoms with Crippen LogP contribution < -0.4 is 0 Å². The van der Waals surface area contributed by atoms with Crippen LogP contribution in [0.4, 0.5) is 4.39 Å². The standard InChI is InChI=1S/C16H17FO/c1-11-8-9-14(17)10-15(11)16(18)12(2)13-6-4-3-5-7-13/h3-10,12,16,18H,1-2H3. The summed E-state index contributed by atoms with van der Waals surface area (Å²) in [4.78, 5) is 0. The normalized spacial score (nSPS) is 14.2. The van der Waals surface area contributed by atoms with Crippen LogP contribution in [0, 0.1) is 12.7 Å². The number of aliphatic hydroxyl groups is 1. The smallest absolute Gasteiger partial charge is 0.123 e. The summed E-state index contributed by atoms with van der Waals surface area (Å²) in [7, 11) is 0. The number of hydrogen-bond acceptors (Lipinski definition) is 1. The van der Waals surface area contributed by atoms with E-state index in [0.29, 0.717) is 5.56 Å². The van der Waals surface area contributed by atoms with Crippen LogP contribution in [-0.4, -0.2) is 5.11 Å². The molecule has 0 saturated carbocycles. The van der Waals surface area contributed by atoms with Gasteiger partial charge in [-0.15, -0.1) is 0 Å². The molecule has 2 heteroatoms. The SMILES string of the molecule is Cc1ccc(F)cc1C(O)C(C)c1ccccc1. The summed E-state index contributed by atoms with van der Waals surface area (Å²) in [5, 5.41) is 10.4. The molecule has 0 saturated heterocycles. The molecule has 1 N–H and O–H groups in total. The molecule has 0 spiro atoms. The maximum absolute atomic E-state index is 13.3. The van der Waals surface area contributed by atoms with Crippen LogP contribution in [0.3, 0.4) is 0 Å². The zero-order valence-electron chi connectivity index (χ0n) is 10.6. The highest BCUT2D eigenvalue weighted by Crippen LogP contribution is 2.32. The summed E-state index contributed by atoms with van der Waals surface area (Å²) in [6.45, 7) is 3.83. The van der Waals surface area contributed by atoms with Gasteiger partial charge in [0.05, 0.1) is 6.10 Å². The second kappa shape index (κ2) is 5.32. The Balaban J connectivity index is 2.31. The van der Waals surface area contributed by atoms with Crippen molar-refractivity contribution in [1.29, 1.82) is 0 Å². The Morgan fingerprint density at radius 1 is 1.06 bits per heavy atom. The van der Waals surface area contributed by atoms with Gasteiger partial charge in [-0.1, -0.05) is 43.3 Å². The molecular formula is C16H17FO. The monoisotopic (exact) mass is 244 g/mol. The number of hydrogen-bond donors (Lipinski definition) is 1. The van der Waals surface area contributed by atoms with Gasteiger partial charge in [0.2, 0.25) is 0 Å². The molecule has 0 heterocycles. The van der Waals surface area contributed by atoms with E-state index < -0.39 is 6.10 Å². The number of aryl methyl sites for hydroxylation is 1. The number of benzene rings is 2. The third-order valence-electron chi connectivity index (χ3n) is 3.36. The van der Waals surface area contributed by atoms with Gasteiger partial charge in [-0.25, -0.2) is 4.39 Å². The summed E-state index contributed by atoms with van der Waals surface area (Å²) >= 11 is 0. The zero-order valence-corrected chi connectivity index (χ0v) is 10.6. The fraction of sp³-hybridized carbons (Fsp3) is 0.250. The summed E-state index contributed by atoms with van der Waals surface area (Å²) in [6.07, 6.45) is -0.692. The quantitative estimate of drug-likeness (QED) is 0.866. The van der Waals surface area contributed by atoms with E-state index in [9.17, 15) is 9.50 Å². The van der Waals surface area contributed by atoms with Crippen LogP contribution in [0.15, 0.2) is 48.5 Å². The first-order chi connectivity index (χ1) is 8.59. The minimum atomic E-state index is -0.692. The van der Waals surface area contributed by atoms with Crippen molar-refractivity contribution >= 4 is 0 Å². The lowest BCUT2D eigenvalue weighted by atomic mass is 9.89. The Morgan fingerprint density at radius 2 is 1.72 bits per heavy atom. The van der Waals surface area contributed by atoms with Crippen LogP contribution in [-0.2, 0) is 0 Å². The Morgan fingerprint density at radius 3 is 2.39 bits per heavy atom. The lowest BCUT2D eigenvalue weighted by molar-refractivity contribution is 0.150. The molecule has 2 rings (SSSR count). The van der Waals surface area contributed by atoms with Gasteiger partial charge >= 0.3 is 0 Å². The van der Waals surface area contributed by atoms with Gasteiger partial charge in [0, 0.05) is 5.92 Å². The molecule has 0 aliphatic carbocycles. The lowest BCUT2D eigenvalue weighted by Crippen LogP contribution is -2.09. The third kappa shape index (κ3) is 2.59. The second-order valence-corrected chi connectivity index (χ2v) is 4.65. The molecule has 0 aliphatic rings. The zero-order chi connectivity index (χ0) is 13.1. The van der Waals surface area contributed by atoms with Crippen molar-refractivity contribution in [2.75, 3.05) is 0 Å². The fourth-order valence-electron chi connectivity index (χ4n) is 2.14. The molecule has 0 aromatic heterocycles. The van der Waals surface area contributed by atoms with E-state index in [4.69, 9.17) is 0 Å². The summed E-state index contributed by atoms with van der Waals surface area (Å²) in [6, 6.07) is 14.3. The van der Waals surface area contributed by atoms with Crippen molar-refractivity contribution in [3.8, 4) is 0 Å². The van der Waals surface area contributed by atoms with E-state index in [-0.39, 0.29) is 11.7 Å². The van der Waals surface area contributed by atoms with Crippen molar-refractivity contribution in [2.24, 2.45) is 0 Å². The van der Waals surface area contributed by atoms with Crippen LogP contribution in [0.1, 0.15) is 35.6 Å². The van der Waals surface area contributed by atoms with E-state index in [0.717, 1.165) is 11.1 Å². The molecule has 2 aromatic carbocycles. The van der Waals surface area contributed by atoms with Gasteiger partial charge in [0.1, 0.15) is 5.82 Å². The highest BCUT2D eigenvalue weighted by molar-refractivity contribution is 5.32. The van der Waals surface area contributed by atoms with Gasteiger partial charge in [0.15, 0.2) is 0 Å². The van der Waals surface area contributed by atoms with Crippen molar-refractivity contribution in [3.63, 3.8) is 0 Å². The molecule has 18 heavy (non-hydrogen) atoms. The maximum Gasteiger partial charge on any atom is 0.123 e. The molecule has 0 fully saturated rings. The summed E-state index contributed by atoms with van der Waals surface area (Å²) in [5.74, 6) is -0.374. The molecule has 94 valence electrons. The van der Waals surface area contributed by atoms with Gasteiger partial charge in [-0.2, -0.15) is 0 Å². The van der Waals surface area contributed by atoms with Crippen LogP contribution in [0.2, 0.25) is 0 Å². The van der Waals surface area contributed by atoms with Gasteiger partial charge < -0.3 is 5.11 Å². The van der Waals surface area contributed by atoms with Crippen LogP contribution in [0.5, 0.6) is 0 Å². The Labute approximate surface area is 107 Å². The lowest BCUT2D eigenvalue weighted by Gasteiger charge is -2.21. The van der Waals surface area contributed by atoms with Crippen LogP contribution >= 0.6 is 0 Å². The minimum Gasteiger partial charge on any atom is -0.388 e. The first kappa shape index (κ1) is 12.8. The maximum atomic E-state index is 13.3. The third-order valence-corrected chi connectivity index (χ3v) is 3.36. The molecule has 0 radical (unpaired) electrons. The van der Waals surface area contributed by atoms with Crippen molar-refractivity contribution in [1.82, 2.24) is 0 Å². The summed E-state index contributed by atoms with van der Waals surface area (Å²) < 4.78 is 13.3. The fourth-order valence-corrected chi connectivity index (χ4v) is 2.14. The molecule has 2 aromatic rings. The Kier molecular flexibility index (Phi) is 3.78. The van der Waals surface area contributed by atoms with Crippen LogP contribution in [0.25, 0.3) is 0 Å². The highest BCUT2D eigenvalue weighted by atomic mass is 19.1. The van der Waals surface area contributed by atoms with Crippen molar-refractivity contribution < 1.29 is 9.50 Å². The topological polar surface area (TPSA) is 20.2 Å². The van der Waals surface area contributed by atoms with E-state index in [1.54, 1.807) is 6.07 Å². The first-order valence-corrected chi connectivity index (χ1v) is 6.08. The average Bonchev–Trinajstić information content (AvgIpc) is 2.41. The highest BCUT2D eigenvalue weighted by Gasteiger charge is 2.20. The van der Waals surface area contributed by atoms with E-state index in [1.807, 2.05) is 44.2 Å². The molecule has 2 atom stereocenters. The van der Waals surface area contributed by atoms with E-state index in [1.165, 1.54) is 12.1 Å². The first-order valence-electron chi connectivity index (χ1n) is 6.08. The Hall–Kier alpha value is -1.67.